The average molecular weight is 408 g/mol. The molecule has 0 saturated carbocycles. The monoisotopic (exact) mass is 407 g/mol. The number of para-hydroxylation sites is 1. The fourth-order valence-electron chi connectivity index (χ4n) is 3.66. The number of rotatable bonds is 8. The van der Waals surface area contributed by atoms with E-state index < -0.39 is 0 Å². The number of hydrogen-bond donors (Lipinski definition) is 1. The first-order chi connectivity index (χ1) is 14.5. The zero-order valence-electron chi connectivity index (χ0n) is 17.6. The number of anilines is 1. The van der Waals surface area contributed by atoms with Gasteiger partial charge in [-0.05, 0) is 24.1 Å². The van der Waals surface area contributed by atoms with Crippen LogP contribution in [0.15, 0.2) is 54.6 Å². The van der Waals surface area contributed by atoms with Gasteiger partial charge in [0.15, 0.2) is 0 Å². The molecule has 1 N–H and O–H groups in total. The summed E-state index contributed by atoms with van der Waals surface area (Å²) in [6, 6.07) is 16.8. The van der Waals surface area contributed by atoms with Gasteiger partial charge in [-0.15, -0.1) is 0 Å². The molecule has 3 rings (SSSR count). The molecule has 3 amide bonds. The molecule has 2 aromatic carbocycles. The summed E-state index contributed by atoms with van der Waals surface area (Å²) in [5.74, 6) is -0.745. The second-order valence-corrected chi connectivity index (χ2v) is 7.78. The number of nitrogens with zero attached hydrogens (tertiary/aromatic N) is 2. The van der Waals surface area contributed by atoms with Crippen LogP contribution >= 0.6 is 0 Å². The first kappa shape index (κ1) is 21.6. The van der Waals surface area contributed by atoms with Crippen molar-refractivity contribution in [3.63, 3.8) is 0 Å². The van der Waals surface area contributed by atoms with E-state index in [0.717, 1.165) is 18.4 Å². The summed E-state index contributed by atoms with van der Waals surface area (Å²) in [7, 11) is 1.75. The van der Waals surface area contributed by atoms with Crippen molar-refractivity contribution >= 4 is 23.4 Å². The van der Waals surface area contributed by atoms with Gasteiger partial charge < -0.3 is 15.1 Å². The third kappa shape index (κ3) is 5.26. The molecule has 0 unspecified atom stereocenters. The van der Waals surface area contributed by atoms with E-state index in [9.17, 15) is 14.4 Å². The van der Waals surface area contributed by atoms with E-state index in [0.29, 0.717) is 30.9 Å². The van der Waals surface area contributed by atoms with Crippen molar-refractivity contribution in [2.24, 2.45) is 5.92 Å². The summed E-state index contributed by atoms with van der Waals surface area (Å²) >= 11 is 0. The maximum atomic E-state index is 13.0. The van der Waals surface area contributed by atoms with Crippen LogP contribution < -0.4 is 5.32 Å². The van der Waals surface area contributed by atoms with Gasteiger partial charge in [-0.25, -0.2) is 0 Å². The van der Waals surface area contributed by atoms with E-state index in [-0.39, 0.29) is 30.1 Å². The number of nitrogens with one attached hydrogen (secondary N) is 1. The zero-order valence-corrected chi connectivity index (χ0v) is 17.6. The Kier molecular flexibility index (Phi) is 7.22. The number of amides is 3. The predicted molar refractivity (Wildman–Crippen MR) is 117 cm³/mol. The normalized spacial score (nSPS) is 15.9. The number of carbonyl (C=O) groups excluding carboxylic acids is 3. The summed E-state index contributed by atoms with van der Waals surface area (Å²) in [6.45, 7) is 3.69. The molecule has 0 aromatic heterocycles. The molecular weight excluding hydrogens is 378 g/mol. The van der Waals surface area contributed by atoms with Gasteiger partial charge in [-0.3, -0.25) is 14.4 Å². The summed E-state index contributed by atoms with van der Waals surface area (Å²) in [5, 5.41) is 2.88. The SMILES string of the molecule is CCCCN1C[C@H](C(=O)Nc2ccccc2C(=O)N(C)Cc2ccccc2)CC1=O. The van der Waals surface area contributed by atoms with Crippen molar-refractivity contribution < 1.29 is 14.4 Å². The van der Waals surface area contributed by atoms with Crippen LogP contribution in [0.4, 0.5) is 5.69 Å². The molecule has 0 aliphatic carbocycles. The molecule has 1 fully saturated rings. The Morgan fingerprint density at radius 2 is 1.80 bits per heavy atom. The highest BCUT2D eigenvalue weighted by molar-refractivity contribution is 6.05. The van der Waals surface area contributed by atoms with Crippen LogP contribution in [0.3, 0.4) is 0 Å². The molecule has 1 aliphatic rings. The van der Waals surface area contributed by atoms with Gasteiger partial charge in [-0.2, -0.15) is 0 Å². The molecule has 1 aliphatic heterocycles. The van der Waals surface area contributed by atoms with Gasteiger partial charge in [0.25, 0.3) is 5.91 Å². The fraction of sp³-hybridized carbons (Fsp3) is 0.375. The second kappa shape index (κ2) is 10.1. The Bertz CT molecular complexity index is 898. The average Bonchev–Trinajstić information content (AvgIpc) is 3.13. The molecule has 1 saturated heterocycles. The number of benzene rings is 2. The lowest BCUT2D eigenvalue weighted by Gasteiger charge is -2.20. The Balaban J connectivity index is 1.67. The molecule has 2 aromatic rings. The molecule has 158 valence electrons. The maximum absolute atomic E-state index is 13.0. The Hall–Kier alpha value is -3.15. The van der Waals surface area contributed by atoms with E-state index in [1.165, 1.54) is 0 Å². The molecule has 1 atom stereocenters. The van der Waals surface area contributed by atoms with Crippen LogP contribution in [0.2, 0.25) is 0 Å². The lowest BCUT2D eigenvalue weighted by Crippen LogP contribution is -2.30. The van der Waals surface area contributed by atoms with Crippen molar-refractivity contribution in [1.29, 1.82) is 0 Å². The second-order valence-electron chi connectivity index (χ2n) is 7.78. The van der Waals surface area contributed by atoms with Gasteiger partial charge in [-0.1, -0.05) is 55.8 Å². The zero-order chi connectivity index (χ0) is 21.5. The first-order valence-electron chi connectivity index (χ1n) is 10.5. The van der Waals surface area contributed by atoms with Crippen molar-refractivity contribution in [3.05, 3.63) is 65.7 Å². The quantitative estimate of drug-likeness (QED) is 0.728. The van der Waals surface area contributed by atoms with E-state index in [1.54, 1.807) is 41.1 Å². The number of unbranched alkanes of at least 4 members (excludes halogenated alkanes) is 1. The molecule has 6 nitrogen and oxygen atoms in total. The standard InChI is InChI=1S/C24H29N3O3/c1-3-4-14-27-17-19(15-22(27)28)23(29)25-21-13-9-8-12-20(21)24(30)26(2)16-18-10-6-5-7-11-18/h5-13,19H,3-4,14-17H2,1-2H3,(H,25,29)/t19-/m1/s1. The van der Waals surface area contributed by atoms with Crippen molar-refractivity contribution in [2.45, 2.75) is 32.7 Å². The molecule has 0 spiro atoms. The van der Waals surface area contributed by atoms with Crippen LogP contribution in [0.25, 0.3) is 0 Å². The van der Waals surface area contributed by atoms with Crippen LogP contribution in [0.5, 0.6) is 0 Å². The topological polar surface area (TPSA) is 69.7 Å². The lowest BCUT2D eigenvalue weighted by atomic mass is 10.1. The van der Waals surface area contributed by atoms with Crippen molar-refractivity contribution in [3.8, 4) is 0 Å². The molecule has 0 radical (unpaired) electrons. The minimum atomic E-state index is -0.389. The van der Waals surface area contributed by atoms with Gasteiger partial charge >= 0.3 is 0 Å². The number of carbonyl (C=O) groups is 3. The van der Waals surface area contributed by atoms with Crippen LogP contribution in [0, 0.1) is 5.92 Å². The van der Waals surface area contributed by atoms with Crippen LogP contribution in [-0.4, -0.2) is 47.7 Å². The highest BCUT2D eigenvalue weighted by Crippen LogP contribution is 2.23. The largest absolute Gasteiger partial charge is 0.342 e. The number of likely N-dealkylation sites (tertiary alicyclic amines) is 1. The third-order valence-corrected chi connectivity index (χ3v) is 5.39. The van der Waals surface area contributed by atoms with E-state index in [1.807, 2.05) is 30.3 Å². The van der Waals surface area contributed by atoms with Crippen molar-refractivity contribution in [1.82, 2.24) is 9.80 Å². The van der Waals surface area contributed by atoms with E-state index >= 15 is 0 Å². The summed E-state index contributed by atoms with van der Waals surface area (Å²) in [6.07, 6.45) is 2.16. The molecule has 30 heavy (non-hydrogen) atoms. The molecular formula is C24H29N3O3. The fourth-order valence-corrected chi connectivity index (χ4v) is 3.66. The van der Waals surface area contributed by atoms with Crippen LogP contribution in [-0.2, 0) is 16.1 Å². The number of hydrogen-bond acceptors (Lipinski definition) is 3. The minimum absolute atomic E-state index is 0.0237. The smallest absolute Gasteiger partial charge is 0.256 e. The first-order valence-corrected chi connectivity index (χ1v) is 10.5. The predicted octanol–water partition coefficient (Wildman–Crippen LogP) is 3.55. The Labute approximate surface area is 177 Å². The highest BCUT2D eigenvalue weighted by atomic mass is 16.2. The van der Waals surface area contributed by atoms with Gasteiger partial charge in [0.2, 0.25) is 11.8 Å². The van der Waals surface area contributed by atoms with Gasteiger partial charge in [0, 0.05) is 33.1 Å². The van der Waals surface area contributed by atoms with Crippen LogP contribution in [0.1, 0.15) is 42.1 Å². The lowest BCUT2D eigenvalue weighted by molar-refractivity contribution is -0.128. The Morgan fingerprint density at radius 3 is 2.53 bits per heavy atom. The van der Waals surface area contributed by atoms with E-state index in [2.05, 4.69) is 12.2 Å². The molecule has 0 bridgehead atoms. The van der Waals surface area contributed by atoms with Gasteiger partial charge in [0.1, 0.15) is 0 Å². The van der Waals surface area contributed by atoms with Crippen molar-refractivity contribution in [2.75, 3.05) is 25.5 Å². The van der Waals surface area contributed by atoms with Gasteiger partial charge in [0.05, 0.1) is 17.2 Å². The minimum Gasteiger partial charge on any atom is -0.342 e. The third-order valence-electron chi connectivity index (χ3n) is 5.39. The molecule has 1 heterocycles. The maximum Gasteiger partial charge on any atom is 0.256 e. The summed E-state index contributed by atoms with van der Waals surface area (Å²) in [5.41, 5.74) is 1.95. The van der Waals surface area contributed by atoms with E-state index in [4.69, 9.17) is 0 Å². The summed E-state index contributed by atoms with van der Waals surface area (Å²) in [4.78, 5) is 41.4. The molecule has 6 heteroatoms. The summed E-state index contributed by atoms with van der Waals surface area (Å²) < 4.78 is 0. The highest BCUT2D eigenvalue weighted by Gasteiger charge is 2.34. The Morgan fingerprint density at radius 1 is 1.10 bits per heavy atom.